The van der Waals surface area contributed by atoms with Crippen LogP contribution in [-0.2, 0) is 16.4 Å². The summed E-state index contributed by atoms with van der Waals surface area (Å²) in [6.45, 7) is 2.84. The Hall–Kier alpha value is -1.14. The average molecular weight is 276 g/mol. The van der Waals surface area contributed by atoms with Crippen molar-refractivity contribution >= 4 is 9.84 Å². The van der Waals surface area contributed by atoms with Crippen molar-refractivity contribution in [1.29, 1.82) is 0 Å². The summed E-state index contributed by atoms with van der Waals surface area (Å²) < 4.78 is 41.5. The van der Waals surface area contributed by atoms with Crippen LogP contribution in [0.5, 0.6) is 5.75 Å². The summed E-state index contributed by atoms with van der Waals surface area (Å²) >= 11 is 0. The van der Waals surface area contributed by atoms with Crippen LogP contribution in [0.15, 0.2) is 18.2 Å². The first-order valence-electron chi connectivity index (χ1n) is 5.60. The molecule has 0 spiro atoms. The van der Waals surface area contributed by atoms with E-state index in [0.29, 0.717) is 5.56 Å². The molecule has 1 aromatic carbocycles. The van der Waals surface area contributed by atoms with Gasteiger partial charge in [0.15, 0.2) is 21.4 Å². The lowest BCUT2D eigenvalue weighted by atomic mass is 10.2. The largest absolute Gasteiger partial charge is 0.489 e. The Labute approximate surface area is 106 Å². The van der Waals surface area contributed by atoms with E-state index in [2.05, 4.69) is 0 Å². The second-order valence-corrected chi connectivity index (χ2v) is 6.86. The normalized spacial score (nSPS) is 11.8. The van der Waals surface area contributed by atoms with Crippen molar-refractivity contribution in [3.63, 3.8) is 0 Å². The highest BCUT2D eigenvalue weighted by molar-refractivity contribution is 7.91. The van der Waals surface area contributed by atoms with E-state index in [1.165, 1.54) is 12.1 Å². The number of ether oxygens (including phenoxy) is 1. The molecule has 0 fully saturated rings. The summed E-state index contributed by atoms with van der Waals surface area (Å²) in [6.07, 6.45) is 0. The van der Waals surface area contributed by atoms with Gasteiger partial charge in [-0.15, -0.1) is 0 Å². The van der Waals surface area contributed by atoms with Crippen molar-refractivity contribution in [3.8, 4) is 5.75 Å². The van der Waals surface area contributed by atoms with Crippen molar-refractivity contribution in [2.45, 2.75) is 25.7 Å². The molecule has 0 aliphatic heterocycles. The van der Waals surface area contributed by atoms with Crippen molar-refractivity contribution in [2.75, 3.05) is 12.4 Å². The van der Waals surface area contributed by atoms with Crippen LogP contribution < -0.4 is 4.74 Å². The smallest absolute Gasteiger partial charge is 0.165 e. The number of sulfone groups is 1. The number of rotatable bonds is 6. The Morgan fingerprint density at radius 2 is 2.06 bits per heavy atom. The molecule has 1 N–H and O–H groups in total. The topological polar surface area (TPSA) is 63.6 Å². The molecule has 0 amide bonds. The van der Waals surface area contributed by atoms with Crippen molar-refractivity contribution in [2.24, 2.45) is 0 Å². The maximum absolute atomic E-state index is 13.4. The van der Waals surface area contributed by atoms with E-state index in [4.69, 9.17) is 9.84 Å². The zero-order valence-corrected chi connectivity index (χ0v) is 11.2. The summed E-state index contributed by atoms with van der Waals surface area (Å²) in [5, 5.41) is 8.34. The van der Waals surface area contributed by atoms with E-state index in [1.807, 2.05) is 0 Å². The third kappa shape index (κ3) is 3.96. The van der Waals surface area contributed by atoms with Crippen molar-refractivity contribution in [1.82, 2.24) is 0 Å². The first-order valence-corrected chi connectivity index (χ1v) is 7.32. The Bertz CT molecular complexity index is 497. The molecular formula is C12H17FO4S. The van der Waals surface area contributed by atoms with Gasteiger partial charge in [0.25, 0.3) is 0 Å². The standard InChI is InChI=1S/C12H17FO4S/c1-9(2)18(15,16)6-5-17-12-4-3-10(8-14)7-11(12)13/h3-4,7,9,14H,5-6,8H2,1-2H3. The predicted molar refractivity (Wildman–Crippen MR) is 66.7 cm³/mol. The third-order valence-electron chi connectivity index (χ3n) is 2.52. The van der Waals surface area contributed by atoms with Crippen LogP contribution in [0.3, 0.4) is 0 Å². The van der Waals surface area contributed by atoms with Gasteiger partial charge in [0.05, 0.1) is 17.6 Å². The van der Waals surface area contributed by atoms with Crippen LogP contribution in [-0.4, -0.2) is 31.1 Å². The molecule has 0 saturated heterocycles. The van der Waals surface area contributed by atoms with Crippen LogP contribution >= 0.6 is 0 Å². The lowest BCUT2D eigenvalue weighted by molar-refractivity contribution is 0.279. The molecule has 4 nitrogen and oxygen atoms in total. The SMILES string of the molecule is CC(C)S(=O)(=O)CCOc1ccc(CO)cc1F. The molecule has 1 aromatic rings. The minimum atomic E-state index is -3.18. The number of halogens is 1. The fourth-order valence-corrected chi connectivity index (χ4v) is 2.05. The Morgan fingerprint density at radius 3 is 2.56 bits per heavy atom. The minimum absolute atomic E-state index is 0.00819. The molecule has 0 bridgehead atoms. The fraction of sp³-hybridized carbons (Fsp3) is 0.500. The predicted octanol–water partition coefficient (Wildman–Crippen LogP) is 1.52. The van der Waals surface area contributed by atoms with Gasteiger partial charge in [-0.25, -0.2) is 12.8 Å². The molecular weight excluding hydrogens is 259 g/mol. The number of benzene rings is 1. The molecule has 6 heteroatoms. The average Bonchev–Trinajstić information content (AvgIpc) is 2.30. The summed E-state index contributed by atoms with van der Waals surface area (Å²) in [6, 6.07) is 4.06. The Kier molecular flexibility index (Phi) is 5.10. The maximum atomic E-state index is 13.4. The van der Waals surface area contributed by atoms with Crippen LogP contribution in [0.2, 0.25) is 0 Å². The highest BCUT2D eigenvalue weighted by atomic mass is 32.2. The van der Waals surface area contributed by atoms with Gasteiger partial charge in [-0.3, -0.25) is 0 Å². The second kappa shape index (κ2) is 6.15. The van der Waals surface area contributed by atoms with E-state index in [9.17, 15) is 12.8 Å². The van der Waals surface area contributed by atoms with Gasteiger partial charge in [0.2, 0.25) is 0 Å². The lowest BCUT2D eigenvalue weighted by Gasteiger charge is -2.10. The summed E-state index contributed by atoms with van der Waals surface area (Å²) in [4.78, 5) is 0. The summed E-state index contributed by atoms with van der Waals surface area (Å²) in [5.74, 6) is -0.763. The number of aliphatic hydroxyl groups is 1. The number of hydrogen-bond acceptors (Lipinski definition) is 4. The van der Waals surface area contributed by atoms with Crippen LogP contribution in [0.1, 0.15) is 19.4 Å². The summed E-state index contributed by atoms with van der Waals surface area (Å²) in [5.41, 5.74) is 0.439. The number of hydrogen-bond donors (Lipinski definition) is 1. The molecule has 102 valence electrons. The van der Waals surface area contributed by atoms with Gasteiger partial charge in [-0.05, 0) is 31.5 Å². The second-order valence-electron chi connectivity index (χ2n) is 4.19. The highest BCUT2D eigenvalue weighted by Gasteiger charge is 2.16. The van der Waals surface area contributed by atoms with Gasteiger partial charge in [0.1, 0.15) is 6.61 Å². The van der Waals surface area contributed by atoms with Gasteiger partial charge in [-0.1, -0.05) is 6.07 Å². The van der Waals surface area contributed by atoms with Crippen molar-refractivity contribution in [3.05, 3.63) is 29.6 Å². The Balaban J connectivity index is 2.60. The Morgan fingerprint density at radius 1 is 1.39 bits per heavy atom. The number of aliphatic hydroxyl groups excluding tert-OH is 1. The van der Waals surface area contributed by atoms with E-state index in [0.717, 1.165) is 6.07 Å². The van der Waals surface area contributed by atoms with Crippen LogP contribution in [0.25, 0.3) is 0 Å². The van der Waals surface area contributed by atoms with E-state index in [1.54, 1.807) is 13.8 Å². The summed E-state index contributed by atoms with van der Waals surface area (Å²) in [7, 11) is -3.18. The van der Waals surface area contributed by atoms with Gasteiger partial charge in [0, 0.05) is 0 Å². The molecule has 18 heavy (non-hydrogen) atoms. The maximum Gasteiger partial charge on any atom is 0.165 e. The van der Waals surface area contributed by atoms with Crippen LogP contribution in [0.4, 0.5) is 4.39 Å². The first-order chi connectivity index (χ1) is 8.36. The first kappa shape index (κ1) is 14.9. The highest BCUT2D eigenvalue weighted by Crippen LogP contribution is 2.18. The van der Waals surface area contributed by atoms with E-state index < -0.39 is 20.9 Å². The van der Waals surface area contributed by atoms with Gasteiger partial charge in [-0.2, -0.15) is 0 Å². The molecule has 0 aliphatic rings. The molecule has 0 unspecified atom stereocenters. The molecule has 0 heterocycles. The van der Waals surface area contributed by atoms with Gasteiger partial charge >= 0.3 is 0 Å². The minimum Gasteiger partial charge on any atom is -0.489 e. The molecule has 0 radical (unpaired) electrons. The molecule has 1 rings (SSSR count). The molecule has 0 atom stereocenters. The van der Waals surface area contributed by atoms with Crippen molar-refractivity contribution < 1.29 is 22.7 Å². The molecule has 0 aliphatic carbocycles. The molecule has 0 saturated carbocycles. The zero-order valence-electron chi connectivity index (χ0n) is 10.4. The van der Waals surface area contributed by atoms with E-state index in [-0.39, 0.29) is 24.7 Å². The third-order valence-corrected chi connectivity index (χ3v) is 4.69. The monoisotopic (exact) mass is 276 g/mol. The zero-order chi connectivity index (χ0) is 13.8. The fourth-order valence-electron chi connectivity index (χ4n) is 1.26. The van der Waals surface area contributed by atoms with E-state index >= 15 is 0 Å². The lowest BCUT2D eigenvalue weighted by Crippen LogP contribution is -2.22. The van der Waals surface area contributed by atoms with Crippen LogP contribution in [0, 0.1) is 5.82 Å². The van der Waals surface area contributed by atoms with Gasteiger partial charge < -0.3 is 9.84 Å². The molecule has 0 aromatic heterocycles. The quantitative estimate of drug-likeness (QED) is 0.855.